The number of hydrogen-bond acceptors (Lipinski definition) is 3. The third kappa shape index (κ3) is 5.25. The third-order valence-corrected chi connectivity index (χ3v) is 1.93. The minimum absolute atomic E-state index is 0.251. The second-order valence-electron chi connectivity index (χ2n) is 3.58. The highest BCUT2D eigenvalue weighted by Gasteiger charge is 2.34. The summed E-state index contributed by atoms with van der Waals surface area (Å²) in [6.07, 6.45) is -9.91. The van der Waals surface area contributed by atoms with Crippen LogP contribution in [-0.4, -0.2) is 12.7 Å². The molecule has 108 valence electrons. The summed E-state index contributed by atoms with van der Waals surface area (Å²) in [5, 5.41) is 0. The minimum Gasteiger partial charge on any atom is -0.406 e. The van der Waals surface area contributed by atoms with Gasteiger partial charge in [0.2, 0.25) is 0 Å². The molecule has 0 aliphatic heterocycles. The van der Waals surface area contributed by atoms with Crippen LogP contribution in [0.1, 0.15) is 18.5 Å². The van der Waals surface area contributed by atoms with Gasteiger partial charge in [-0.05, 0) is 25.1 Å². The lowest BCUT2D eigenvalue weighted by molar-refractivity contribution is -0.277. The Bertz CT molecular complexity index is 441. The lowest BCUT2D eigenvalue weighted by Crippen LogP contribution is -2.20. The first-order valence-electron chi connectivity index (χ1n) is 4.89. The van der Waals surface area contributed by atoms with Crippen LogP contribution in [0.4, 0.5) is 26.3 Å². The van der Waals surface area contributed by atoms with Gasteiger partial charge >= 0.3 is 12.7 Å². The standard InChI is InChI=1S/C10H9F6NO2/c1-5(17)7-4-6(18-9(11,12)13)2-3-8(7)19-10(14,15)16/h2-5H,17H2,1H3. The van der Waals surface area contributed by atoms with Crippen molar-refractivity contribution in [2.24, 2.45) is 5.73 Å². The molecule has 0 aliphatic rings. The highest BCUT2D eigenvalue weighted by Crippen LogP contribution is 2.34. The van der Waals surface area contributed by atoms with E-state index < -0.39 is 30.3 Å². The molecule has 3 nitrogen and oxygen atoms in total. The maximum absolute atomic E-state index is 12.1. The number of rotatable bonds is 3. The van der Waals surface area contributed by atoms with Gasteiger partial charge in [-0.3, -0.25) is 0 Å². The van der Waals surface area contributed by atoms with Crippen LogP contribution in [0.2, 0.25) is 0 Å². The fourth-order valence-electron chi connectivity index (χ4n) is 1.30. The van der Waals surface area contributed by atoms with Crippen molar-refractivity contribution in [1.29, 1.82) is 0 Å². The summed E-state index contributed by atoms with van der Waals surface area (Å²) < 4.78 is 79.4. The zero-order valence-corrected chi connectivity index (χ0v) is 9.47. The topological polar surface area (TPSA) is 44.5 Å². The van der Waals surface area contributed by atoms with Gasteiger partial charge in [0.1, 0.15) is 11.5 Å². The largest absolute Gasteiger partial charge is 0.573 e. The molecule has 9 heteroatoms. The van der Waals surface area contributed by atoms with E-state index in [1.807, 2.05) is 0 Å². The van der Waals surface area contributed by atoms with E-state index in [1.54, 1.807) is 0 Å². The van der Waals surface area contributed by atoms with Crippen LogP contribution >= 0.6 is 0 Å². The van der Waals surface area contributed by atoms with E-state index in [2.05, 4.69) is 9.47 Å². The van der Waals surface area contributed by atoms with Crippen molar-refractivity contribution in [3.05, 3.63) is 23.8 Å². The van der Waals surface area contributed by atoms with Gasteiger partial charge in [0.15, 0.2) is 0 Å². The molecule has 0 fully saturated rings. The zero-order valence-electron chi connectivity index (χ0n) is 9.47. The summed E-state index contributed by atoms with van der Waals surface area (Å²) in [6, 6.07) is 1.21. The molecule has 0 bridgehead atoms. The molecule has 1 rings (SSSR count). The molecule has 0 amide bonds. The van der Waals surface area contributed by atoms with E-state index >= 15 is 0 Å². The van der Waals surface area contributed by atoms with Crippen molar-refractivity contribution in [2.75, 3.05) is 0 Å². The Hall–Kier alpha value is -1.64. The van der Waals surface area contributed by atoms with Gasteiger partial charge in [0.05, 0.1) is 0 Å². The molecule has 1 aromatic rings. The Morgan fingerprint density at radius 3 is 1.95 bits per heavy atom. The van der Waals surface area contributed by atoms with E-state index in [4.69, 9.17) is 5.73 Å². The van der Waals surface area contributed by atoms with E-state index in [0.29, 0.717) is 12.1 Å². The highest BCUT2D eigenvalue weighted by atomic mass is 19.4. The average molecular weight is 289 g/mol. The fourth-order valence-corrected chi connectivity index (χ4v) is 1.30. The SMILES string of the molecule is CC(N)c1cc(OC(F)(F)F)ccc1OC(F)(F)F. The Kier molecular flexibility index (Phi) is 4.18. The second-order valence-corrected chi connectivity index (χ2v) is 3.58. The van der Waals surface area contributed by atoms with Gasteiger partial charge in [0, 0.05) is 11.6 Å². The van der Waals surface area contributed by atoms with Gasteiger partial charge in [-0.25, -0.2) is 0 Å². The van der Waals surface area contributed by atoms with Crippen LogP contribution in [0.5, 0.6) is 11.5 Å². The highest BCUT2D eigenvalue weighted by molar-refractivity contribution is 5.42. The second kappa shape index (κ2) is 5.16. The number of benzene rings is 1. The summed E-state index contributed by atoms with van der Waals surface area (Å²) in [4.78, 5) is 0. The molecule has 0 radical (unpaired) electrons. The third-order valence-electron chi connectivity index (χ3n) is 1.93. The van der Waals surface area contributed by atoms with Crippen molar-refractivity contribution in [1.82, 2.24) is 0 Å². The molecule has 0 aliphatic carbocycles. The first-order chi connectivity index (χ1) is 8.48. The van der Waals surface area contributed by atoms with Crippen molar-refractivity contribution in [3.8, 4) is 11.5 Å². The van der Waals surface area contributed by atoms with E-state index in [1.165, 1.54) is 6.92 Å². The van der Waals surface area contributed by atoms with Crippen LogP contribution in [-0.2, 0) is 0 Å². The van der Waals surface area contributed by atoms with Crippen LogP contribution < -0.4 is 15.2 Å². The number of ether oxygens (including phenoxy) is 2. The van der Waals surface area contributed by atoms with Gasteiger partial charge in [0.25, 0.3) is 0 Å². The van der Waals surface area contributed by atoms with Gasteiger partial charge in [-0.1, -0.05) is 0 Å². The monoisotopic (exact) mass is 289 g/mol. The Balaban J connectivity index is 3.08. The summed E-state index contributed by atoms with van der Waals surface area (Å²) in [7, 11) is 0. The molecule has 1 atom stereocenters. The Morgan fingerprint density at radius 2 is 1.53 bits per heavy atom. The fraction of sp³-hybridized carbons (Fsp3) is 0.400. The maximum Gasteiger partial charge on any atom is 0.573 e. The number of hydrogen-bond donors (Lipinski definition) is 1. The van der Waals surface area contributed by atoms with Crippen LogP contribution in [0.15, 0.2) is 18.2 Å². The first-order valence-corrected chi connectivity index (χ1v) is 4.89. The molecular weight excluding hydrogens is 280 g/mol. The van der Waals surface area contributed by atoms with Crippen molar-refractivity contribution in [3.63, 3.8) is 0 Å². The number of nitrogens with two attached hydrogens (primary N) is 1. The summed E-state index contributed by atoms with van der Waals surface area (Å²) >= 11 is 0. The molecule has 0 heterocycles. The molecule has 0 spiro atoms. The number of halogens is 6. The van der Waals surface area contributed by atoms with Crippen molar-refractivity contribution >= 4 is 0 Å². The molecular formula is C10H9F6NO2. The molecule has 2 N–H and O–H groups in total. The first kappa shape index (κ1) is 15.4. The number of alkyl halides is 6. The lowest BCUT2D eigenvalue weighted by atomic mass is 10.1. The molecule has 1 unspecified atom stereocenters. The summed E-state index contributed by atoms with van der Waals surface area (Å²) in [6.45, 7) is 1.30. The Labute approximate surface area is 103 Å². The van der Waals surface area contributed by atoms with Crippen molar-refractivity contribution < 1.29 is 35.8 Å². The molecule has 19 heavy (non-hydrogen) atoms. The molecule has 0 saturated heterocycles. The summed E-state index contributed by atoms with van der Waals surface area (Å²) in [5.41, 5.74) is 5.13. The van der Waals surface area contributed by atoms with Crippen LogP contribution in [0.3, 0.4) is 0 Å². The minimum atomic E-state index is -4.96. The van der Waals surface area contributed by atoms with Crippen molar-refractivity contribution in [2.45, 2.75) is 25.7 Å². The van der Waals surface area contributed by atoms with E-state index in [-0.39, 0.29) is 5.56 Å². The van der Waals surface area contributed by atoms with Gasteiger partial charge in [-0.15, -0.1) is 26.3 Å². The normalized spacial score (nSPS) is 14.1. The van der Waals surface area contributed by atoms with Crippen LogP contribution in [0, 0.1) is 0 Å². The van der Waals surface area contributed by atoms with E-state index in [0.717, 1.165) is 6.07 Å². The predicted molar refractivity (Wildman–Crippen MR) is 52.4 cm³/mol. The van der Waals surface area contributed by atoms with Gasteiger partial charge < -0.3 is 15.2 Å². The quantitative estimate of drug-likeness (QED) is 0.866. The van der Waals surface area contributed by atoms with Gasteiger partial charge in [-0.2, -0.15) is 0 Å². The van der Waals surface area contributed by atoms with E-state index in [9.17, 15) is 26.3 Å². The summed E-state index contributed by atoms with van der Waals surface area (Å²) in [5.74, 6) is -1.34. The molecule has 1 aromatic carbocycles. The molecule has 0 aromatic heterocycles. The van der Waals surface area contributed by atoms with Crippen LogP contribution in [0.25, 0.3) is 0 Å². The smallest absolute Gasteiger partial charge is 0.406 e. The lowest BCUT2D eigenvalue weighted by Gasteiger charge is -2.17. The predicted octanol–water partition coefficient (Wildman–Crippen LogP) is 3.50. The average Bonchev–Trinajstić information content (AvgIpc) is 2.15. The Morgan fingerprint density at radius 1 is 1.00 bits per heavy atom. The zero-order chi connectivity index (χ0) is 14.8. The maximum atomic E-state index is 12.1. The molecule has 0 saturated carbocycles.